The molecule has 108 valence electrons. The van der Waals surface area contributed by atoms with Gasteiger partial charge in [0.2, 0.25) is 0 Å². The standard InChI is InChI=1S/C13H16ClN3O3/c14-10-3-2-9(12(18)19)8-11(10)16-13(20)17-6-1-4-15-5-7-17/h2-3,8,15H,1,4-7H2,(H,16,20)(H,18,19). The molecule has 2 amide bonds. The van der Waals surface area contributed by atoms with E-state index in [1.54, 1.807) is 4.90 Å². The normalized spacial score (nSPS) is 15.6. The fourth-order valence-electron chi connectivity index (χ4n) is 2.00. The lowest BCUT2D eigenvalue weighted by molar-refractivity contribution is 0.0697. The van der Waals surface area contributed by atoms with E-state index in [2.05, 4.69) is 10.6 Å². The number of nitrogens with zero attached hydrogens (tertiary/aromatic N) is 1. The van der Waals surface area contributed by atoms with Crippen molar-refractivity contribution in [2.24, 2.45) is 0 Å². The molecule has 2 rings (SSSR count). The molecule has 1 aliphatic rings. The summed E-state index contributed by atoms with van der Waals surface area (Å²) in [5, 5.41) is 15.1. The van der Waals surface area contributed by atoms with Crippen molar-refractivity contribution in [3.05, 3.63) is 28.8 Å². The summed E-state index contributed by atoms with van der Waals surface area (Å²) in [6, 6.07) is 3.96. The number of rotatable bonds is 2. The van der Waals surface area contributed by atoms with Gasteiger partial charge >= 0.3 is 12.0 Å². The van der Waals surface area contributed by atoms with E-state index in [4.69, 9.17) is 16.7 Å². The number of carboxylic acid groups (broad SMARTS) is 1. The highest BCUT2D eigenvalue weighted by molar-refractivity contribution is 6.33. The molecule has 0 aromatic heterocycles. The number of benzene rings is 1. The van der Waals surface area contributed by atoms with E-state index < -0.39 is 5.97 Å². The first-order valence-electron chi connectivity index (χ1n) is 6.37. The lowest BCUT2D eigenvalue weighted by Crippen LogP contribution is -2.37. The van der Waals surface area contributed by atoms with Crippen LogP contribution in [0.2, 0.25) is 5.02 Å². The fourth-order valence-corrected chi connectivity index (χ4v) is 2.16. The Kier molecular flexibility index (Phi) is 4.81. The number of nitrogens with one attached hydrogen (secondary N) is 2. The first kappa shape index (κ1) is 14.6. The minimum atomic E-state index is -1.06. The van der Waals surface area contributed by atoms with Gasteiger partial charge in [-0.25, -0.2) is 9.59 Å². The van der Waals surface area contributed by atoms with E-state index in [1.807, 2.05) is 0 Å². The SMILES string of the molecule is O=C(O)c1ccc(Cl)c(NC(=O)N2CCCNCC2)c1. The number of urea groups is 1. The Morgan fingerprint density at radius 2 is 2.10 bits per heavy atom. The number of carbonyl (C=O) groups excluding carboxylic acids is 1. The highest BCUT2D eigenvalue weighted by Crippen LogP contribution is 2.23. The van der Waals surface area contributed by atoms with Gasteiger partial charge in [-0.15, -0.1) is 0 Å². The highest BCUT2D eigenvalue weighted by atomic mass is 35.5. The third kappa shape index (κ3) is 3.61. The van der Waals surface area contributed by atoms with E-state index >= 15 is 0 Å². The summed E-state index contributed by atoms with van der Waals surface area (Å²) in [6.45, 7) is 2.91. The van der Waals surface area contributed by atoms with Crippen LogP contribution in [0.4, 0.5) is 10.5 Å². The molecule has 0 atom stereocenters. The van der Waals surface area contributed by atoms with Crippen molar-refractivity contribution in [2.75, 3.05) is 31.5 Å². The summed E-state index contributed by atoms with van der Waals surface area (Å²) in [5.41, 5.74) is 0.399. The Labute approximate surface area is 121 Å². The lowest BCUT2D eigenvalue weighted by atomic mass is 10.2. The quantitative estimate of drug-likeness (QED) is 0.778. The molecule has 1 heterocycles. The van der Waals surface area contributed by atoms with Gasteiger partial charge in [-0.3, -0.25) is 0 Å². The second kappa shape index (κ2) is 6.58. The van der Waals surface area contributed by atoms with Crippen molar-refractivity contribution in [3.63, 3.8) is 0 Å². The van der Waals surface area contributed by atoms with Gasteiger partial charge in [0, 0.05) is 19.6 Å². The molecule has 7 heteroatoms. The first-order chi connectivity index (χ1) is 9.58. The van der Waals surface area contributed by atoms with Crippen LogP contribution in [0.25, 0.3) is 0 Å². The first-order valence-corrected chi connectivity index (χ1v) is 6.75. The molecule has 1 aromatic carbocycles. The van der Waals surface area contributed by atoms with Crippen LogP contribution in [0.5, 0.6) is 0 Å². The zero-order valence-electron chi connectivity index (χ0n) is 10.9. The number of amides is 2. The molecule has 20 heavy (non-hydrogen) atoms. The summed E-state index contributed by atoms with van der Waals surface area (Å²) >= 11 is 5.98. The van der Waals surface area contributed by atoms with Crippen molar-refractivity contribution in [1.29, 1.82) is 0 Å². The largest absolute Gasteiger partial charge is 0.478 e. The van der Waals surface area contributed by atoms with Gasteiger partial charge in [-0.1, -0.05) is 11.6 Å². The maximum absolute atomic E-state index is 12.1. The van der Waals surface area contributed by atoms with Crippen molar-refractivity contribution in [3.8, 4) is 0 Å². The molecule has 0 aliphatic carbocycles. The molecule has 1 saturated heterocycles. The smallest absolute Gasteiger partial charge is 0.335 e. The maximum atomic E-state index is 12.1. The molecule has 0 spiro atoms. The third-order valence-corrected chi connectivity index (χ3v) is 3.41. The molecule has 0 radical (unpaired) electrons. The summed E-state index contributed by atoms with van der Waals surface area (Å²) < 4.78 is 0. The molecule has 0 saturated carbocycles. The molecule has 3 N–H and O–H groups in total. The van der Waals surface area contributed by atoms with Crippen LogP contribution in [-0.4, -0.2) is 48.2 Å². The zero-order chi connectivity index (χ0) is 14.5. The van der Waals surface area contributed by atoms with Gasteiger partial charge in [0.1, 0.15) is 0 Å². The van der Waals surface area contributed by atoms with Gasteiger partial charge < -0.3 is 20.6 Å². The third-order valence-electron chi connectivity index (χ3n) is 3.08. The van der Waals surface area contributed by atoms with Gasteiger partial charge in [0.05, 0.1) is 16.3 Å². The van der Waals surface area contributed by atoms with Gasteiger partial charge in [-0.05, 0) is 31.2 Å². The molecule has 1 fully saturated rings. The zero-order valence-corrected chi connectivity index (χ0v) is 11.6. The van der Waals surface area contributed by atoms with Crippen LogP contribution in [0.3, 0.4) is 0 Å². The maximum Gasteiger partial charge on any atom is 0.335 e. The van der Waals surface area contributed by atoms with Crippen LogP contribution >= 0.6 is 11.6 Å². The summed E-state index contributed by atoms with van der Waals surface area (Å²) in [5.74, 6) is -1.06. The Morgan fingerprint density at radius 3 is 2.85 bits per heavy atom. The summed E-state index contributed by atoms with van der Waals surface area (Å²) in [4.78, 5) is 24.7. The van der Waals surface area contributed by atoms with Crippen LogP contribution in [0.15, 0.2) is 18.2 Å². The number of carbonyl (C=O) groups is 2. The van der Waals surface area contributed by atoms with Crippen molar-refractivity contribution >= 4 is 29.3 Å². The number of carboxylic acids is 1. The Hall–Kier alpha value is -1.79. The van der Waals surface area contributed by atoms with Crippen LogP contribution in [0, 0.1) is 0 Å². The highest BCUT2D eigenvalue weighted by Gasteiger charge is 2.17. The summed E-state index contributed by atoms with van der Waals surface area (Å²) in [7, 11) is 0. The van der Waals surface area contributed by atoms with Gasteiger partial charge in [-0.2, -0.15) is 0 Å². The van der Waals surface area contributed by atoms with Gasteiger partial charge in [0.25, 0.3) is 0 Å². The topological polar surface area (TPSA) is 81.7 Å². The number of hydrogen-bond acceptors (Lipinski definition) is 3. The minimum absolute atomic E-state index is 0.0854. The van der Waals surface area contributed by atoms with Crippen molar-refractivity contribution < 1.29 is 14.7 Å². The second-order valence-corrected chi connectivity index (χ2v) is 4.93. The van der Waals surface area contributed by atoms with E-state index in [-0.39, 0.29) is 11.6 Å². The average Bonchev–Trinajstić information content (AvgIpc) is 2.70. The van der Waals surface area contributed by atoms with Crippen LogP contribution in [0.1, 0.15) is 16.8 Å². The number of halogens is 1. The van der Waals surface area contributed by atoms with E-state index in [9.17, 15) is 9.59 Å². The molecule has 1 aliphatic heterocycles. The molecule has 0 unspecified atom stereocenters. The monoisotopic (exact) mass is 297 g/mol. The Balaban J connectivity index is 2.10. The molecule has 0 bridgehead atoms. The van der Waals surface area contributed by atoms with Crippen LogP contribution < -0.4 is 10.6 Å². The van der Waals surface area contributed by atoms with Crippen molar-refractivity contribution in [2.45, 2.75) is 6.42 Å². The van der Waals surface area contributed by atoms with E-state index in [0.717, 1.165) is 19.5 Å². The van der Waals surface area contributed by atoms with E-state index in [1.165, 1.54) is 18.2 Å². The lowest BCUT2D eigenvalue weighted by Gasteiger charge is -2.21. The number of anilines is 1. The molecule has 6 nitrogen and oxygen atoms in total. The average molecular weight is 298 g/mol. The molecular weight excluding hydrogens is 282 g/mol. The Morgan fingerprint density at radius 1 is 1.30 bits per heavy atom. The molecule has 1 aromatic rings. The second-order valence-electron chi connectivity index (χ2n) is 4.52. The fraction of sp³-hybridized carbons (Fsp3) is 0.385. The molecular formula is C13H16ClN3O3. The predicted octanol–water partition coefficient (Wildman–Crippen LogP) is 1.87. The Bertz CT molecular complexity index is 514. The van der Waals surface area contributed by atoms with E-state index in [0.29, 0.717) is 23.8 Å². The number of hydrogen-bond donors (Lipinski definition) is 3. The minimum Gasteiger partial charge on any atom is -0.478 e. The number of aromatic carboxylic acids is 1. The van der Waals surface area contributed by atoms with Gasteiger partial charge in [0.15, 0.2) is 0 Å². The van der Waals surface area contributed by atoms with Crippen LogP contribution in [-0.2, 0) is 0 Å². The summed E-state index contributed by atoms with van der Waals surface area (Å²) in [6.07, 6.45) is 0.885. The predicted molar refractivity (Wildman–Crippen MR) is 76.5 cm³/mol. The van der Waals surface area contributed by atoms with Crippen molar-refractivity contribution in [1.82, 2.24) is 10.2 Å².